The number of nitrogens with one attached hydrogen (secondary N) is 1. The van der Waals surface area contributed by atoms with Crippen molar-refractivity contribution in [3.8, 4) is 11.5 Å². The Kier molecular flexibility index (Phi) is 6.04. The summed E-state index contributed by atoms with van der Waals surface area (Å²) in [5.74, 6) is -1.00. The summed E-state index contributed by atoms with van der Waals surface area (Å²) in [5.41, 5.74) is 0. The van der Waals surface area contributed by atoms with Gasteiger partial charge in [0.1, 0.15) is 11.5 Å². The van der Waals surface area contributed by atoms with Crippen LogP contribution in [0.5, 0.6) is 11.5 Å². The summed E-state index contributed by atoms with van der Waals surface area (Å²) >= 11 is 5.74. The molecule has 130 valence electrons. The first-order valence-electron chi connectivity index (χ1n) is 7.22. The molecule has 0 aliphatic heterocycles. The molecular weight excluding hydrogens is 357 g/mol. The standard InChI is InChI=1S/C16H17ClFNO4S/c1-2-11(10-23-14-8-4-3-7-13(14)18)19-24(21,22)15-9-5-6-12(17)16(15)20/h3-9,11,19-20H,2,10H2,1H3. The monoisotopic (exact) mass is 373 g/mol. The van der Waals surface area contributed by atoms with Gasteiger partial charge in [-0.05, 0) is 30.7 Å². The van der Waals surface area contributed by atoms with Crippen LogP contribution in [0.4, 0.5) is 4.39 Å². The highest BCUT2D eigenvalue weighted by Crippen LogP contribution is 2.30. The maximum atomic E-state index is 13.5. The van der Waals surface area contributed by atoms with Gasteiger partial charge in [0.25, 0.3) is 0 Å². The van der Waals surface area contributed by atoms with E-state index in [1.54, 1.807) is 13.0 Å². The Balaban J connectivity index is 2.11. The third-order valence-electron chi connectivity index (χ3n) is 3.33. The Labute approximate surface area is 145 Å². The third kappa shape index (κ3) is 4.37. The van der Waals surface area contributed by atoms with Gasteiger partial charge in [-0.1, -0.05) is 36.7 Å². The number of benzene rings is 2. The Hall–Kier alpha value is -1.83. The van der Waals surface area contributed by atoms with Gasteiger partial charge in [-0.25, -0.2) is 17.5 Å². The maximum absolute atomic E-state index is 13.5. The van der Waals surface area contributed by atoms with Crippen LogP contribution >= 0.6 is 11.6 Å². The molecule has 0 saturated carbocycles. The molecule has 0 spiro atoms. The number of para-hydroxylation sites is 2. The van der Waals surface area contributed by atoms with Gasteiger partial charge in [-0.2, -0.15) is 0 Å². The van der Waals surface area contributed by atoms with Crippen LogP contribution in [0.2, 0.25) is 5.02 Å². The van der Waals surface area contributed by atoms with Crippen molar-refractivity contribution in [3.05, 3.63) is 53.3 Å². The summed E-state index contributed by atoms with van der Waals surface area (Å²) in [6.45, 7) is 1.70. The van der Waals surface area contributed by atoms with Gasteiger partial charge in [-0.3, -0.25) is 0 Å². The second kappa shape index (κ2) is 7.83. The number of aromatic hydroxyl groups is 1. The molecule has 0 radical (unpaired) electrons. The molecule has 1 atom stereocenters. The van der Waals surface area contributed by atoms with Crippen molar-refractivity contribution in [2.45, 2.75) is 24.3 Å². The molecule has 1 unspecified atom stereocenters. The van der Waals surface area contributed by atoms with E-state index >= 15 is 0 Å². The van der Waals surface area contributed by atoms with Crippen LogP contribution in [0.3, 0.4) is 0 Å². The Bertz CT molecular complexity index is 813. The quantitative estimate of drug-likeness (QED) is 0.780. The van der Waals surface area contributed by atoms with Gasteiger partial charge in [0.15, 0.2) is 17.3 Å². The summed E-state index contributed by atoms with van der Waals surface area (Å²) in [5, 5.41) is 9.77. The van der Waals surface area contributed by atoms with E-state index in [4.69, 9.17) is 16.3 Å². The van der Waals surface area contributed by atoms with E-state index in [0.29, 0.717) is 6.42 Å². The number of hydrogen-bond donors (Lipinski definition) is 2. The number of hydrogen-bond acceptors (Lipinski definition) is 4. The van der Waals surface area contributed by atoms with Gasteiger partial charge < -0.3 is 9.84 Å². The molecule has 2 aromatic rings. The Morgan fingerprint density at radius 1 is 1.25 bits per heavy atom. The van der Waals surface area contributed by atoms with Gasteiger partial charge in [0.05, 0.1) is 11.1 Å². The van der Waals surface area contributed by atoms with E-state index in [-0.39, 0.29) is 22.3 Å². The first-order chi connectivity index (χ1) is 11.3. The van der Waals surface area contributed by atoms with E-state index in [2.05, 4.69) is 4.72 Å². The zero-order valence-corrected chi connectivity index (χ0v) is 14.4. The van der Waals surface area contributed by atoms with Crippen LogP contribution in [0, 0.1) is 5.82 Å². The zero-order chi connectivity index (χ0) is 17.7. The van der Waals surface area contributed by atoms with Crippen LogP contribution in [0.15, 0.2) is 47.4 Å². The molecule has 0 bridgehead atoms. The molecule has 0 fully saturated rings. The minimum absolute atomic E-state index is 0.0424. The molecule has 0 amide bonds. The molecule has 5 nitrogen and oxygen atoms in total. The van der Waals surface area contributed by atoms with Crippen molar-refractivity contribution in [2.24, 2.45) is 0 Å². The fourth-order valence-electron chi connectivity index (χ4n) is 1.98. The van der Waals surface area contributed by atoms with E-state index in [0.717, 1.165) is 0 Å². The molecule has 2 rings (SSSR count). The largest absolute Gasteiger partial charge is 0.505 e. The number of rotatable bonds is 7. The predicted octanol–water partition coefficient (Wildman–Crippen LogP) is 3.32. The number of ether oxygens (including phenoxy) is 1. The van der Waals surface area contributed by atoms with Crippen molar-refractivity contribution in [2.75, 3.05) is 6.61 Å². The van der Waals surface area contributed by atoms with Crippen LogP contribution in [-0.2, 0) is 10.0 Å². The highest BCUT2D eigenvalue weighted by atomic mass is 35.5. The van der Waals surface area contributed by atoms with Crippen molar-refractivity contribution in [1.82, 2.24) is 4.72 Å². The van der Waals surface area contributed by atoms with Crippen LogP contribution in [0.1, 0.15) is 13.3 Å². The molecule has 2 aromatic carbocycles. The molecule has 0 aliphatic carbocycles. The van der Waals surface area contributed by atoms with Gasteiger partial charge >= 0.3 is 0 Å². The Morgan fingerprint density at radius 3 is 2.62 bits per heavy atom. The van der Waals surface area contributed by atoms with Crippen molar-refractivity contribution >= 4 is 21.6 Å². The average molecular weight is 374 g/mol. The smallest absolute Gasteiger partial charge is 0.244 e. The van der Waals surface area contributed by atoms with Crippen molar-refractivity contribution < 1.29 is 22.7 Å². The highest BCUT2D eigenvalue weighted by molar-refractivity contribution is 7.89. The fourth-order valence-corrected chi connectivity index (χ4v) is 3.64. The minimum atomic E-state index is -4.00. The van der Waals surface area contributed by atoms with Gasteiger partial charge in [0, 0.05) is 0 Å². The first-order valence-corrected chi connectivity index (χ1v) is 9.08. The summed E-state index contributed by atoms with van der Waals surface area (Å²) in [6.07, 6.45) is 0.412. The van der Waals surface area contributed by atoms with Gasteiger partial charge in [0.2, 0.25) is 10.0 Å². The molecule has 2 N–H and O–H groups in total. The molecule has 24 heavy (non-hydrogen) atoms. The normalized spacial score (nSPS) is 12.8. The van der Waals surface area contributed by atoms with E-state index in [9.17, 15) is 17.9 Å². The second-order valence-electron chi connectivity index (χ2n) is 5.05. The molecule has 0 aromatic heterocycles. The SMILES string of the molecule is CCC(COc1ccccc1F)NS(=O)(=O)c1cccc(Cl)c1O. The first kappa shape index (κ1) is 18.5. The van der Waals surface area contributed by atoms with Crippen LogP contribution in [0.25, 0.3) is 0 Å². The molecule has 0 saturated heterocycles. The second-order valence-corrected chi connectivity index (χ2v) is 7.14. The van der Waals surface area contributed by atoms with Crippen molar-refractivity contribution in [3.63, 3.8) is 0 Å². The molecule has 0 heterocycles. The van der Waals surface area contributed by atoms with Gasteiger partial charge in [-0.15, -0.1) is 0 Å². The lowest BCUT2D eigenvalue weighted by Gasteiger charge is -2.18. The average Bonchev–Trinajstić information content (AvgIpc) is 2.55. The van der Waals surface area contributed by atoms with E-state index < -0.39 is 27.6 Å². The third-order valence-corrected chi connectivity index (χ3v) is 5.19. The molecule has 0 aliphatic rings. The van der Waals surface area contributed by atoms with Crippen LogP contribution in [-0.4, -0.2) is 26.2 Å². The predicted molar refractivity (Wildman–Crippen MR) is 89.4 cm³/mol. The maximum Gasteiger partial charge on any atom is 0.244 e. The summed E-state index contributed by atoms with van der Waals surface area (Å²) in [4.78, 5) is -0.320. The van der Waals surface area contributed by atoms with Crippen LogP contribution < -0.4 is 9.46 Å². The lowest BCUT2D eigenvalue weighted by Crippen LogP contribution is -2.38. The topological polar surface area (TPSA) is 75.6 Å². The number of halogens is 2. The summed E-state index contributed by atoms with van der Waals surface area (Å²) in [6, 6.07) is 9.31. The lowest BCUT2D eigenvalue weighted by atomic mass is 10.2. The number of phenolic OH excluding ortho intramolecular Hbond substituents is 1. The Morgan fingerprint density at radius 2 is 1.96 bits per heavy atom. The van der Waals surface area contributed by atoms with E-state index in [1.165, 1.54) is 36.4 Å². The fraction of sp³-hybridized carbons (Fsp3) is 0.250. The molecular formula is C16H17ClFNO4S. The lowest BCUT2D eigenvalue weighted by molar-refractivity contribution is 0.264. The number of phenols is 1. The highest BCUT2D eigenvalue weighted by Gasteiger charge is 2.24. The minimum Gasteiger partial charge on any atom is -0.505 e. The number of sulfonamides is 1. The zero-order valence-electron chi connectivity index (χ0n) is 12.9. The molecule has 8 heteroatoms. The van der Waals surface area contributed by atoms with E-state index in [1.807, 2.05) is 0 Å². The summed E-state index contributed by atoms with van der Waals surface area (Å²) < 4.78 is 46.1. The van der Waals surface area contributed by atoms with Crippen molar-refractivity contribution in [1.29, 1.82) is 0 Å². The summed E-state index contributed by atoms with van der Waals surface area (Å²) in [7, 11) is -4.00.